The van der Waals surface area contributed by atoms with Gasteiger partial charge in [0, 0.05) is 68.2 Å². The van der Waals surface area contributed by atoms with Crippen molar-refractivity contribution >= 4 is 17.5 Å². The topological polar surface area (TPSA) is 117 Å². The van der Waals surface area contributed by atoms with E-state index in [0.717, 1.165) is 49.4 Å². The van der Waals surface area contributed by atoms with Gasteiger partial charge in [-0.1, -0.05) is 18.2 Å². The number of nitrogens with zero attached hydrogens (tertiary/aromatic N) is 4. The van der Waals surface area contributed by atoms with Gasteiger partial charge >= 0.3 is 0 Å². The summed E-state index contributed by atoms with van der Waals surface area (Å²) in [6.45, 7) is 5.11. The van der Waals surface area contributed by atoms with Gasteiger partial charge in [-0.25, -0.2) is 4.98 Å². The van der Waals surface area contributed by atoms with Gasteiger partial charge in [0.2, 0.25) is 0 Å². The number of nitrogens with two attached hydrogens (primary N) is 1. The van der Waals surface area contributed by atoms with Crippen LogP contribution in [0.2, 0.25) is 0 Å². The van der Waals surface area contributed by atoms with Crippen molar-refractivity contribution in [1.82, 2.24) is 19.4 Å². The molecule has 0 spiro atoms. The standard InChI is InChI=1S/C29H36N6O3/c1-21-17-35(20-31-21)26-15-22(18-33-11-5-8-24(30)19-33)14-25(16-26)32-28(37)29(38)9-12-34(13-10-29)27(36)23-6-3-2-4-7-23/h2-4,6-7,14-17,20,24,38H,5,8-13,18-19,30H2,1H3,(H,32,37)/t24-/m0/s1. The molecule has 5 rings (SSSR count). The Balaban J connectivity index is 1.30. The Bertz CT molecular complexity index is 1280. The number of rotatable bonds is 6. The summed E-state index contributed by atoms with van der Waals surface area (Å²) in [6.07, 6.45) is 6.16. The first-order valence-corrected chi connectivity index (χ1v) is 13.3. The quantitative estimate of drug-likeness (QED) is 0.464. The molecule has 4 N–H and O–H groups in total. The lowest BCUT2D eigenvalue weighted by atomic mass is 9.90. The summed E-state index contributed by atoms with van der Waals surface area (Å²) in [5.74, 6) is -0.535. The molecule has 1 aromatic heterocycles. The summed E-state index contributed by atoms with van der Waals surface area (Å²) < 4.78 is 1.93. The number of carbonyl (C=O) groups is 2. The van der Waals surface area contributed by atoms with Gasteiger partial charge in [-0.3, -0.25) is 14.5 Å². The third-order valence-electron chi connectivity index (χ3n) is 7.51. The van der Waals surface area contributed by atoms with Crippen LogP contribution in [0.15, 0.2) is 61.1 Å². The van der Waals surface area contributed by atoms with Crippen molar-refractivity contribution < 1.29 is 14.7 Å². The number of benzene rings is 2. The molecule has 2 aromatic carbocycles. The molecule has 2 fully saturated rings. The molecule has 2 amide bonds. The van der Waals surface area contributed by atoms with Crippen LogP contribution >= 0.6 is 0 Å². The third kappa shape index (κ3) is 5.96. The minimum absolute atomic E-state index is 0.0848. The van der Waals surface area contributed by atoms with Gasteiger partial charge in [0.1, 0.15) is 5.60 Å². The van der Waals surface area contributed by atoms with Gasteiger partial charge in [0.05, 0.1) is 12.0 Å². The predicted octanol–water partition coefficient (Wildman–Crippen LogP) is 2.71. The number of hydrogen-bond donors (Lipinski definition) is 3. The van der Waals surface area contributed by atoms with E-state index in [-0.39, 0.29) is 24.8 Å². The molecule has 0 radical (unpaired) electrons. The first-order valence-electron chi connectivity index (χ1n) is 13.3. The molecule has 1 atom stereocenters. The largest absolute Gasteiger partial charge is 0.380 e. The highest BCUT2D eigenvalue weighted by Crippen LogP contribution is 2.27. The Labute approximate surface area is 223 Å². The van der Waals surface area contributed by atoms with E-state index in [1.165, 1.54) is 0 Å². The van der Waals surface area contributed by atoms with E-state index in [1.54, 1.807) is 23.4 Å². The Hall–Kier alpha value is -3.53. The molecule has 0 bridgehead atoms. The summed E-state index contributed by atoms with van der Waals surface area (Å²) in [7, 11) is 0. The Kier molecular flexibility index (Phi) is 7.60. The molecule has 9 heteroatoms. The molecule has 38 heavy (non-hydrogen) atoms. The molecule has 0 saturated carbocycles. The lowest BCUT2D eigenvalue weighted by Gasteiger charge is -2.37. The Morgan fingerprint density at radius 1 is 1.13 bits per heavy atom. The fraction of sp³-hybridized carbons (Fsp3) is 0.414. The zero-order chi connectivity index (χ0) is 26.7. The SMILES string of the molecule is Cc1cn(-c2cc(CN3CCC[C@H](N)C3)cc(NC(=O)C3(O)CCN(C(=O)c4ccccc4)CC3)c2)cn1. The van der Waals surface area contributed by atoms with Crippen LogP contribution in [-0.2, 0) is 11.3 Å². The monoisotopic (exact) mass is 516 g/mol. The predicted molar refractivity (Wildman–Crippen MR) is 146 cm³/mol. The number of likely N-dealkylation sites (tertiary alicyclic amines) is 2. The molecule has 9 nitrogen and oxygen atoms in total. The van der Waals surface area contributed by atoms with Crippen LogP contribution < -0.4 is 11.1 Å². The fourth-order valence-corrected chi connectivity index (χ4v) is 5.36. The first-order chi connectivity index (χ1) is 18.3. The average molecular weight is 517 g/mol. The lowest BCUT2D eigenvalue weighted by Crippen LogP contribution is -2.52. The fourth-order valence-electron chi connectivity index (χ4n) is 5.36. The summed E-state index contributed by atoms with van der Waals surface area (Å²) in [6, 6.07) is 15.2. The van der Waals surface area contributed by atoms with E-state index in [1.807, 2.05) is 48.0 Å². The maximum absolute atomic E-state index is 13.3. The summed E-state index contributed by atoms with van der Waals surface area (Å²) in [4.78, 5) is 34.5. The Morgan fingerprint density at radius 2 is 1.89 bits per heavy atom. The first kappa shape index (κ1) is 26.1. The van der Waals surface area contributed by atoms with Crippen molar-refractivity contribution in [3.05, 3.63) is 77.9 Å². The molecule has 3 aromatic rings. The van der Waals surface area contributed by atoms with Crippen LogP contribution in [0.5, 0.6) is 0 Å². The smallest absolute Gasteiger partial charge is 0.256 e. The van der Waals surface area contributed by atoms with Crippen LogP contribution in [0.4, 0.5) is 5.69 Å². The lowest BCUT2D eigenvalue weighted by molar-refractivity contribution is -0.138. The average Bonchev–Trinajstić information content (AvgIpc) is 3.35. The van der Waals surface area contributed by atoms with E-state index in [9.17, 15) is 14.7 Å². The van der Waals surface area contributed by atoms with Crippen LogP contribution in [0, 0.1) is 6.92 Å². The van der Waals surface area contributed by atoms with Gasteiger partial charge in [0.15, 0.2) is 0 Å². The zero-order valence-electron chi connectivity index (χ0n) is 21.8. The highest BCUT2D eigenvalue weighted by Gasteiger charge is 2.40. The van der Waals surface area contributed by atoms with Gasteiger partial charge < -0.3 is 25.6 Å². The van der Waals surface area contributed by atoms with Gasteiger partial charge in [0.25, 0.3) is 11.8 Å². The van der Waals surface area contributed by atoms with E-state index in [4.69, 9.17) is 5.73 Å². The van der Waals surface area contributed by atoms with Crippen LogP contribution in [-0.4, -0.2) is 74.1 Å². The molecule has 0 unspecified atom stereocenters. The van der Waals surface area contributed by atoms with Crippen LogP contribution in [0.1, 0.15) is 47.3 Å². The number of aromatic nitrogens is 2. The van der Waals surface area contributed by atoms with Crippen LogP contribution in [0.25, 0.3) is 5.69 Å². The molecular formula is C29H36N6O3. The minimum atomic E-state index is -1.55. The summed E-state index contributed by atoms with van der Waals surface area (Å²) in [5.41, 5.74) is 8.70. The maximum atomic E-state index is 13.3. The molecule has 2 aliphatic heterocycles. The van der Waals surface area contributed by atoms with Crippen LogP contribution in [0.3, 0.4) is 0 Å². The van der Waals surface area contributed by atoms with E-state index < -0.39 is 11.5 Å². The number of anilines is 1. The second-order valence-corrected chi connectivity index (χ2v) is 10.6. The zero-order valence-corrected chi connectivity index (χ0v) is 21.8. The number of aliphatic hydroxyl groups is 1. The minimum Gasteiger partial charge on any atom is -0.380 e. The summed E-state index contributed by atoms with van der Waals surface area (Å²) >= 11 is 0. The summed E-state index contributed by atoms with van der Waals surface area (Å²) in [5, 5.41) is 14.2. The number of imidazole rings is 1. The van der Waals surface area contributed by atoms with Gasteiger partial charge in [-0.15, -0.1) is 0 Å². The van der Waals surface area contributed by atoms with E-state index >= 15 is 0 Å². The van der Waals surface area contributed by atoms with Crippen molar-refractivity contribution in [1.29, 1.82) is 0 Å². The molecule has 200 valence electrons. The number of nitrogens with one attached hydrogen (secondary N) is 1. The van der Waals surface area contributed by atoms with E-state index in [0.29, 0.717) is 24.3 Å². The number of aryl methyl sites for hydroxylation is 1. The molecule has 2 saturated heterocycles. The number of hydrogen-bond acceptors (Lipinski definition) is 6. The second kappa shape index (κ2) is 11.1. The highest BCUT2D eigenvalue weighted by molar-refractivity contribution is 5.98. The van der Waals surface area contributed by atoms with Crippen molar-refractivity contribution in [2.75, 3.05) is 31.5 Å². The highest BCUT2D eigenvalue weighted by atomic mass is 16.3. The normalized spacial score (nSPS) is 19.8. The number of amides is 2. The van der Waals surface area contributed by atoms with Crippen molar-refractivity contribution in [2.24, 2.45) is 5.73 Å². The third-order valence-corrected chi connectivity index (χ3v) is 7.51. The second-order valence-electron chi connectivity index (χ2n) is 10.6. The van der Waals surface area contributed by atoms with Gasteiger partial charge in [-0.05, 0) is 62.2 Å². The number of carbonyl (C=O) groups excluding carboxylic acids is 2. The molecular weight excluding hydrogens is 480 g/mol. The maximum Gasteiger partial charge on any atom is 0.256 e. The molecule has 2 aliphatic rings. The van der Waals surface area contributed by atoms with Gasteiger partial charge in [-0.2, -0.15) is 0 Å². The van der Waals surface area contributed by atoms with Crippen molar-refractivity contribution in [3.63, 3.8) is 0 Å². The van der Waals surface area contributed by atoms with Crippen molar-refractivity contribution in [3.8, 4) is 5.69 Å². The Morgan fingerprint density at radius 3 is 2.58 bits per heavy atom. The number of piperidine rings is 2. The molecule has 0 aliphatic carbocycles. The van der Waals surface area contributed by atoms with Crippen molar-refractivity contribution in [2.45, 2.75) is 50.8 Å². The molecule has 3 heterocycles. The van der Waals surface area contributed by atoms with E-state index in [2.05, 4.69) is 21.3 Å².